The van der Waals surface area contributed by atoms with Crippen LogP contribution in [0.15, 0.2) is 22.2 Å². The van der Waals surface area contributed by atoms with Crippen LogP contribution in [0, 0.1) is 0 Å². The van der Waals surface area contributed by atoms with Crippen molar-refractivity contribution in [2.75, 3.05) is 0 Å². The zero-order chi connectivity index (χ0) is 10.7. The highest BCUT2D eigenvalue weighted by Gasteiger charge is 2.08. The summed E-state index contributed by atoms with van der Waals surface area (Å²) >= 11 is 1.49. The van der Waals surface area contributed by atoms with Crippen molar-refractivity contribution in [2.24, 2.45) is 7.05 Å². The Labute approximate surface area is 90.3 Å². The van der Waals surface area contributed by atoms with Crippen LogP contribution in [0.5, 0.6) is 0 Å². The summed E-state index contributed by atoms with van der Waals surface area (Å²) in [5, 5.41) is 13.3. The van der Waals surface area contributed by atoms with Gasteiger partial charge in [0.15, 0.2) is 11.5 Å². The molecule has 2 aromatic rings. The van der Waals surface area contributed by atoms with Crippen LogP contribution < -0.4 is 0 Å². The Hall–Kier alpha value is -1.34. The Bertz CT molecular complexity index is 426. The molecule has 80 valence electrons. The molecule has 0 aliphatic rings. The standard InChI is InChI=1S/C8H10N4O2S/c1-12-6(3-13)2-9-8(12)15-4-7-10-5-11-14-7/h2,5,13H,3-4H2,1H3. The summed E-state index contributed by atoms with van der Waals surface area (Å²) in [5.41, 5.74) is 0.781. The number of aliphatic hydroxyl groups is 1. The molecule has 0 spiro atoms. The summed E-state index contributed by atoms with van der Waals surface area (Å²) < 4.78 is 6.69. The van der Waals surface area contributed by atoms with Gasteiger partial charge in [-0.1, -0.05) is 16.9 Å². The number of imidazole rings is 1. The zero-order valence-electron chi connectivity index (χ0n) is 8.12. The molecule has 0 amide bonds. The van der Waals surface area contributed by atoms with Gasteiger partial charge in [-0.3, -0.25) is 0 Å². The fraction of sp³-hybridized carbons (Fsp3) is 0.375. The van der Waals surface area contributed by atoms with E-state index in [2.05, 4.69) is 15.1 Å². The van der Waals surface area contributed by atoms with Crippen LogP contribution in [-0.2, 0) is 19.4 Å². The number of hydrogen-bond donors (Lipinski definition) is 1. The van der Waals surface area contributed by atoms with E-state index < -0.39 is 0 Å². The lowest BCUT2D eigenvalue weighted by atomic mass is 10.5. The maximum absolute atomic E-state index is 8.97. The van der Waals surface area contributed by atoms with E-state index >= 15 is 0 Å². The van der Waals surface area contributed by atoms with E-state index in [1.807, 2.05) is 11.6 Å². The molecule has 0 aliphatic carbocycles. The lowest BCUT2D eigenvalue weighted by molar-refractivity contribution is 0.271. The summed E-state index contributed by atoms with van der Waals surface area (Å²) in [6.45, 7) is -0.00931. The second-order valence-corrected chi connectivity index (χ2v) is 3.82. The van der Waals surface area contributed by atoms with Crippen LogP contribution in [0.2, 0.25) is 0 Å². The predicted octanol–water partition coefficient (Wildman–Crippen LogP) is 0.588. The highest BCUT2D eigenvalue weighted by Crippen LogP contribution is 2.20. The smallest absolute Gasteiger partial charge is 0.236 e. The Morgan fingerprint density at radius 2 is 2.40 bits per heavy atom. The molecule has 0 bridgehead atoms. The molecule has 0 radical (unpaired) electrons. The van der Waals surface area contributed by atoms with Crippen molar-refractivity contribution in [2.45, 2.75) is 17.5 Å². The Morgan fingerprint density at radius 3 is 3.00 bits per heavy atom. The molecular formula is C8H10N4O2S. The van der Waals surface area contributed by atoms with E-state index in [4.69, 9.17) is 9.63 Å². The molecule has 0 saturated heterocycles. The first-order valence-corrected chi connectivity index (χ1v) is 5.29. The third-order valence-electron chi connectivity index (χ3n) is 1.94. The van der Waals surface area contributed by atoms with Gasteiger partial charge in [0.1, 0.15) is 0 Å². The second kappa shape index (κ2) is 4.45. The first-order chi connectivity index (χ1) is 7.31. The van der Waals surface area contributed by atoms with E-state index in [0.717, 1.165) is 10.9 Å². The van der Waals surface area contributed by atoms with Crippen molar-refractivity contribution in [1.29, 1.82) is 0 Å². The highest BCUT2D eigenvalue weighted by atomic mass is 32.2. The van der Waals surface area contributed by atoms with Crippen molar-refractivity contribution in [3.63, 3.8) is 0 Å². The summed E-state index contributed by atoms with van der Waals surface area (Å²) in [4.78, 5) is 8.06. The highest BCUT2D eigenvalue weighted by molar-refractivity contribution is 7.98. The first kappa shape index (κ1) is 10.2. The van der Waals surface area contributed by atoms with Crippen molar-refractivity contribution < 1.29 is 9.63 Å². The minimum atomic E-state index is -0.00931. The zero-order valence-corrected chi connectivity index (χ0v) is 8.94. The van der Waals surface area contributed by atoms with Gasteiger partial charge in [0, 0.05) is 7.05 Å². The SMILES string of the molecule is Cn1c(CO)cnc1SCc1ncno1. The van der Waals surface area contributed by atoms with Crippen LogP contribution in [0.25, 0.3) is 0 Å². The van der Waals surface area contributed by atoms with Crippen molar-refractivity contribution >= 4 is 11.8 Å². The van der Waals surface area contributed by atoms with Gasteiger partial charge in [-0.05, 0) is 0 Å². The predicted molar refractivity (Wildman–Crippen MR) is 53.0 cm³/mol. The average Bonchev–Trinajstić information content (AvgIpc) is 2.85. The van der Waals surface area contributed by atoms with E-state index in [-0.39, 0.29) is 6.61 Å². The van der Waals surface area contributed by atoms with Crippen LogP contribution in [-0.4, -0.2) is 24.8 Å². The molecule has 0 fully saturated rings. The number of thioether (sulfide) groups is 1. The number of nitrogens with zero attached hydrogens (tertiary/aromatic N) is 4. The number of hydrogen-bond acceptors (Lipinski definition) is 6. The van der Waals surface area contributed by atoms with E-state index in [9.17, 15) is 0 Å². The minimum absolute atomic E-state index is 0.00931. The number of aromatic nitrogens is 4. The van der Waals surface area contributed by atoms with E-state index in [0.29, 0.717) is 11.6 Å². The summed E-state index contributed by atoms with van der Waals surface area (Å²) in [6, 6.07) is 0. The quantitative estimate of drug-likeness (QED) is 0.769. The lowest BCUT2D eigenvalue weighted by Crippen LogP contribution is -1.97. The van der Waals surface area contributed by atoms with Gasteiger partial charge in [0.2, 0.25) is 5.89 Å². The van der Waals surface area contributed by atoms with E-state index in [1.54, 1.807) is 6.20 Å². The molecule has 0 saturated carbocycles. The molecular weight excluding hydrogens is 216 g/mol. The average molecular weight is 226 g/mol. The minimum Gasteiger partial charge on any atom is -0.390 e. The molecule has 0 atom stereocenters. The Kier molecular flexibility index (Phi) is 3.02. The molecule has 1 N–H and O–H groups in total. The van der Waals surface area contributed by atoms with Crippen LogP contribution in [0.4, 0.5) is 0 Å². The summed E-state index contributed by atoms with van der Waals surface area (Å²) in [6.07, 6.45) is 3.02. The molecule has 0 aromatic carbocycles. The molecule has 7 heteroatoms. The van der Waals surface area contributed by atoms with Gasteiger partial charge in [-0.25, -0.2) is 4.98 Å². The molecule has 6 nitrogen and oxygen atoms in total. The Morgan fingerprint density at radius 1 is 1.53 bits per heavy atom. The van der Waals surface area contributed by atoms with Gasteiger partial charge in [0.25, 0.3) is 0 Å². The second-order valence-electron chi connectivity index (χ2n) is 2.87. The normalized spacial score (nSPS) is 10.8. The van der Waals surface area contributed by atoms with Crippen molar-refractivity contribution in [1.82, 2.24) is 19.7 Å². The third-order valence-corrected chi connectivity index (χ3v) is 2.96. The largest absolute Gasteiger partial charge is 0.390 e. The van der Waals surface area contributed by atoms with Gasteiger partial charge >= 0.3 is 0 Å². The number of rotatable bonds is 4. The lowest BCUT2D eigenvalue weighted by Gasteiger charge is -2.01. The molecule has 15 heavy (non-hydrogen) atoms. The maximum atomic E-state index is 8.97. The van der Waals surface area contributed by atoms with Crippen LogP contribution >= 0.6 is 11.8 Å². The third kappa shape index (κ3) is 2.18. The Balaban J connectivity index is 2.02. The first-order valence-electron chi connectivity index (χ1n) is 4.31. The number of aliphatic hydroxyl groups excluding tert-OH is 1. The van der Waals surface area contributed by atoms with E-state index in [1.165, 1.54) is 18.1 Å². The fourth-order valence-electron chi connectivity index (χ4n) is 1.09. The summed E-state index contributed by atoms with van der Waals surface area (Å²) in [5.74, 6) is 1.14. The molecule has 0 aliphatic heterocycles. The fourth-order valence-corrected chi connectivity index (χ4v) is 1.91. The monoisotopic (exact) mass is 226 g/mol. The van der Waals surface area contributed by atoms with Crippen molar-refractivity contribution in [3.05, 3.63) is 24.1 Å². The van der Waals surface area contributed by atoms with Gasteiger partial charge in [-0.15, -0.1) is 0 Å². The van der Waals surface area contributed by atoms with Crippen LogP contribution in [0.3, 0.4) is 0 Å². The van der Waals surface area contributed by atoms with Crippen molar-refractivity contribution in [3.8, 4) is 0 Å². The molecule has 0 unspecified atom stereocenters. The molecule has 2 aromatic heterocycles. The van der Waals surface area contributed by atoms with Crippen LogP contribution in [0.1, 0.15) is 11.6 Å². The van der Waals surface area contributed by atoms with Gasteiger partial charge in [-0.2, -0.15) is 4.98 Å². The maximum Gasteiger partial charge on any atom is 0.236 e. The molecule has 2 rings (SSSR count). The molecule has 2 heterocycles. The topological polar surface area (TPSA) is 77.0 Å². The summed E-state index contributed by atoms with van der Waals surface area (Å²) in [7, 11) is 1.86. The van der Waals surface area contributed by atoms with Gasteiger partial charge in [0.05, 0.1) is 24.3 Å². The van der Waals surface area contributed by atoms with Gasteiger partial charge < -0.3 is 14.2 Å².